The van der Waals surface area contributed by atoms with Gasteiger partial charge in [0.25, 0.3) is 11.7 Å². The minimum atomic E-state index is -2.05. The van der Waals surface area contributed by atoms with E-state index in [0.29, 0.717) is 5.56 Å². The van der Waals surface area contributed by atoms with Crippen molar-refractivity contribution >= 4 is 39.2 Å². The number of phenolic OH excluding ortho intramolecular Hbond substituents is 1. The number of ether oxygens (including phenoxy) is 3. The second-order valence-corrected chi connectivity index (χ2v) is 16.1. The number of aromatic nitrogens is 1. The van der Waals surface area contributed by atoms with E-state index in [9.17, 15) is 34.8 Å². The Morgan fingerprint density at radius 2 is 1.60 bits per heavy atom. The molecule has 0 saturated carbocycles. The fraction of sp³-hybridized carbons (Fsp3) is 0.455. The minimum Gasteiger partial charge on any atom is -0.507 e. The van der Waals surface area contributed by atoms with Crippen LogP contribution >= 0.6 is 0 Å². The Morgan fingerprint density at radius 3 is 2.26 bits per heavy atom. The first kappa shape index (κ1) is 42.5. The lowest BCUT2D eigenvalue weighted by Crippen LogP contribution is -2.44. The average Bonchev–Trinajstić information content (AvgIpc) is 3.46. The minimum absolute atomic E-state index is 0.0301. The molecule has 0 unspecified atom stereocenters. The molecular weight excluding hydrogens is 751 g/mol. The van der Waals surface area contributed by atoms with Crippen LogP contribution in [0.5, 0.6) is 11.5 Å². The summed E-state index contributed by atoms with van der Waals surface area (Å²) >= 11 is 0. The first-order valence-corrected chi connectivity index (χ1v) is 19.3. The van der Waals surface area contributed by atoms with Crippen LogP contribution < -0.4 is 15.5 Å². The molecule has 9 atom stereocenters. The van der Waals surface area contributed by atoms with Crippen molar-refractivity contribution in [2.75, 3.05) is 12.4 Å². The molecule has 1 amide bonds. The summed E-state index contributed by atoms with van der Waals surface area (Å²) in [7, 11) is 1.43. The SMILES string of the molecule is CO[C@H]1/C=C/O[C@@]2(C)Oc3c(C)c(O)c4c(=O)c(c5oc6c(F)c(C(C)C)ccc6nc-5c4c3C2=O)NC(=O)/C(C)=C\C=C\[C@H](C)[C@H](O)[C@@H](C)[C@@H](O)[C@@H](C)[C@H](O)[C@@H]1C. The third-order valence-corrected chi connectivity index (χ3v) is 11.8. The Kier molecular flexibility index (Phi) is 11.6. The summed E-state index contributed by atoms with van der Waals surface area (Å²) in [6.45, 7) is 14.7. The molecule has 5 N–H and O–H groups in total. The molecule has 6 rings (SSSR count). The highest BCUT2D eigenvalue weighted by atomic mass is 19.1. The van der Waals surface area contributed by atoms with E-state index in [1.54, 1.807) is 65.8 Å². The zero-order valence-corrected chi connectivity index (χ0v) is 34.2. The van der Waals surface area contributed by atoms with Gasteiger partial charge in [-0.3, -0.25) is 14.4 Å². The lowest BCUT2D eigenvalue weighted by molar-refractivity contribution is -0.112. The van der Waals surface area contributed by atoms with Crippen LogP contribution in [0.2, 0.25) is 0 Å². The van der Waals surface area contributed by atoms with Gasteiger partial charge in [-0.05, 0) is 37.5 Å². The number of carbonyl (C=O) groups excluding carboxylic acids is 2. The lowest BCUT2D eigenvalue weighted by atomic mass is 9.78. The largest absolute Gasteiger partial charge is 0.507 e. The highest BCUT2D eigenvalue weighted by Crippen LogP contribution is 2.50. The van der Waals surface area contributed by atoms with Crippen molar-refractivity contribution in [3.63, 3.8) is 0 Å². The monoisotopic (exact) mass is 802 g/mol. The van der Waals surface area contributed by atoms with Crippen LogP contribution in [-0.4, -0.2) is 74.4 Å². The first-order chi connectivity index (χ1) is 27.2. The molecule has 58 heavy (non-hydrogen) atoms. The number of anilines is 1. The number of aliphatic hydroxyl groups excluding tert-OH is 3. The Bertz CT molecular complexity index is 2420. The van der Waals surface area contributed by atoms with E-state index in [-0.39, 0.29) is 61.7 Å². The van der Waals surface area contributed by atoms with Crippen LogP contribution in [0, 0.1) is 36.4 Å². The standard InChI is InChI=1S/C44H51FN2O11/c1-18(2)25-14-15-26-40(31(25)45)57-41-32(46-26)28-29-37(51)24(8)39-30(28)42(53)44(9,58-39)56-17-16-27(55-10)21(5)35(49)23(7)36(50)22(6)34(48)19(3)12-11-13-20(4)43(54)47-33(41)38(29)52/h11-19,21-23,27,34-36,48-51H,1-10H3,(H,47,54)/b12-11+,17-16+,20-13-/t19-,21+,22+,23-,27-,34-,35+,36+,44-/m0/s1. The summed E-state index contributed by atoms with van der Waals surface area (Å²) in [5, 5.41) is 47.6. The molecule has 13 nitrogen and oxygen atoms in total. The Morgan fingerprint density at radius 1 is 0.948 bits per heavy atom. The number of hydrogen-bond acceptors (Lipinski definition) is 12. The Hall–Kier alpha value is -5.15. The summed E-state index contributed by atoms with van der Waals surface area (Å²) in [6, 6.07) is 3.10. The normalized spacial score (nSPS) is 30.7. The van der Waals surface area contributed by atoms with Gasteiger partial charge in [-0.15, -0.1) is 0 Å². The molecule has 0 saturated heterocycles. The second-order valence-electron chi connectivity index (χ2n) is 16.1. The number of ketones is 1. The van der Waals surface area contributed by atoms with Crippen LogP contribution in [0.3, 0.4) is 0 Å². The fourth-order valence-electron chi connectivity index (χ4n) is 7.91. The highest BCUT2D eigenvalue weighted by molar-refractivity contribution is 6.22. The number of hydrogen-bond donors (Lipinski definition) is 5. The van der Waals surface area contributed by atoms with Gasteiger partial charge in [0.2, 0.25) is 5.43 Å². The highest BCUT2D eigenvalue weighted by Gasteiger charge is 2.50. The van der Waals surface area contributed by atoms with Crippen molar-refractivity contribution in [2.24, 2.45) is 23.7 Å². The number of nitrogens with zero attached hydrogens (tertiary/aromatic N) is 1. The van der Waals surface area contributed by atoms with Gasteiger partial charge in [0.1, 0.15) is 28.4 Å². The third kappa shape index (κ3) is 7.05. The summed E-state index contributed by atoms with van der Waals surface area (Å²) in [6.07, 6.45) is 3.27. The molecule has 310 valence electrons. The molecule has 4 aliphatic rings. The first-order valence-electron chi connectivity index (χ1n) is 19.3. The number of rotatable bonds is 2. The summed E-state index contributed by atoms with van der Waals surface area (Å²) in [5.74, 6) is -8.02. The van der Waals surface area contributed by atoms with E-state index in [4.69, 9.17) is 23.6 Å². The molecule has 0 spiro atoms. The Labute approximate surface area is 335 Å². The van der Waals surface area contributed by atoms with Crippen LogP contribution in [0.1, 0.15) is 82.8 Å². The summed E-state index contributed by atoms with van der Waals surface area (Å²) in [5.41, 5.74) is -1.46. The maximum atomic E-state index is 16.0. The topological polar surface area (TPSA) is 198 Å². The number of halogens is 1. The maximum Gasteiger partial charge on any atom is 0.312 e. The van der Waals surface area contributed by atoms with Gasteiger partial charge in [0, 0.05) is 54.2 Å². The van der Waals surface area contributed by atoms with Gasteiger partial charge >= 0.3 is 5.79 Å². The summed E-state index contributed by atoms with van der Waals surface area (Å²) in [4.78, 5) is 47.5. The number of benzene rings is 3. The van der Waals surface area contributed by atoms with Gasteiger partial charge in [-0.1, -0.05) is 65.8 Å². The molecule has 14 heteroatoms. The number of fused-ring (bicyclic) bond motifs is 2. The van der Waals surface area contributed by atoms with E-state index in [2.05, 4.69) is 5.32 Å². The van der Waals surface area contributed by atoms with Crippen molar-refractivity contribution in [1.29, 1.82) is 0 Å². The predicted octanol–water partition coefficient (Wildman–Crippen LogP) is 6.64. The number of nitrogens with one attached hydrogen (secondary N) is 1. The van der Waals surface area contributed by atoms with Gasteiger partial charge in [0.05, 0.1) is 41.6 Å². The maximum absolute atomic E-state index is 16.0. The molecule has 3 aliphatic heterocycles. The fourth-order valence-corrected chi connectivity index (χ4v) is 7.91. The molecule has 0 radical (unpaired) electrons. The molecule has 4 bridgehead atoms. The van der Waals surface area contributed by atoms with Gasteiger partial charge in [-0.25, -0.2) is 9.37 Å². The van der Waals surface area contributed by atoms with Crippen molar-refractivity contribution in [1.82, 2.24) is 4.98 Å². The Balaban J connectivity index is 1.62. The second kappa shape index (κ2) is 15.9. The molecule has 2 aromatic rings. The predicted molar refractivity (Wildman–Crippen MR) is 215 cm³/mol. The summed E-state index contributed by atoms with van der Waals surface area (Å²) < 4.78 is 40.0. The molecular formula is C44H51FN2O11. The number of amides is 1. The third-order valence-electron chi connectivity index (χ3n) is 11.8. The smallest absolute Gasteiger partial charge is 0.312 e. The molecule has 0 aromatic heterocycles. The quantitative estimate of drug-likeness (QED) is 0.107. The number of carbonyl (C=O) groups is 2. The van der Waals surface area contributed by atoms with Crippen LogP contribution in [-0.2, 0) is 14.3 Å². The van der Waals surface area contributed by atoms with Crippen molar-refractivity contribution in [3.05, 3.63) is 81.0 Å². The zero-order valence-electron chi connectivity index (χ0n) is 34.2. The van der Waals surface area contributed by atoms with Gasteiger partial charge in [-0.2, -0.15) is 0 Å². The number of phenols is 1. The lowest BCUT2D eigenvalue weighted by Gasteiger charge is -2.36. The van der Waals surface area contributed by atoms with Crippen LogP contribution in [0.4, 0.5) is 10.1 Å². The van der Waals surface area contributed by atoms with Crippen molar-refractivity contribution in [2.45, 2.75) is 98.4 Å². The molecule has 3 heterocycles. The van der Waals surface area contributed by atoms with E-state index in [1.807, 2.05) is 0 Å². The van der Waals surface area contributed by atoms with Crippen molar-refractivity contribution in [3.8, 4) is 23.0 Å². The number of aromatic hydroxyl groups is 1. The zero-order chi connectivity index (χ0) is 42.7. The van der Waals surface area contributed by atoms with E-state index in [1.165, 1.54) is 46.3 Å². The molecule has 0 fully saturated rings. The molecule has 1 aliphatic carbocycles. The van der Waals surface area contributed by atoms with Crippen LogP contribution in [0.25, 0.3) is 33.3 Å². The number of methoxy groups -OCH3 is 1. The number of aliphatic hydroxyl groups is 3. The van der Waals surface area contributed by atoms with E-state index < -0.39 is 88.2 Å². The average molecular weight is 803 g/mol. The number of allylic oxidation sites excluding steroid dienone is 2. The van der Waals surface area contributed by atoms with E-state index >= 15 is 4.39 Å². The van der Waals surface area contributed by atoms with Crippen LogP contribution in [0.15, 0.2) is 57.5 Å². The van der Waals surface area contributed by atoms with E-state index in [0.717, 1.165) is 0 Å². The van der Waals surface area contributed by atoms with Gasteiger partial charge < -0.3 is 44.4 Å². The molecule has 2 aromatic carbocycles. The van der Waals surface area contributed by atoms with Crippen molar-refractivity contribution < 1.29 is 53.0 Å². The number of Topliss-reactive ketones (excluding diaryl/α,β-unsaturated/α-hetero) is 1. The van der Waals surface area contributed by atoms with Gasteiger partial charge in [0.15, 0.2) is 17.2 Å².